The SMILES string of the molecule is O=C(NCCCCCCN1Cc2ccc(Cl)cc2C1)c1cccnc1. The predicted octanol–water partition coefficient (Wildman–Crippen LogP) is 4.04. The van der Waals surface area contributed by atoms with Gasteiger partial charge < -0.3 is 5.32 Å². The first-order valence-electron chi connectivity index (χ1n) is 8.90. The molecule has 0 saturated carbocycles. The van der Waals surface area contributed by atoms with Crippen LogP contribution in [0.1, 0.15) is 47.2 Å². The molecule has 3 rings (SSSR count). The van der Waals surface area contributed by atoms with E-state index >= 15 is 0 Å². The van der Waals surface area contributed by atoms with Gasteiger partial charge in [-0.3, -0.25) is 14.7 Å². The summed E-state index contributed by atoms with van der Waals surface area (Å²) in [5.41, 5.74) is 3.39. The molecular weight excluding hydrogens is 334 g/mol. The molecule has 2 aromatic rings. The van der Waals surface area contributed by atoms with Crippen molar-refractivity contribution in [3.05, 3.63) is 64.4 Å². The van der Waals surface area contributed by atoms with E-state index in [1.807, 2.05) is 6.07 Å². The molecular formula is C20H24ClN3O. The first-order valence-corrected chi connectivity index (χ1v) is 9.28. The maximum atomic E-state index is 11.9. The third kappa shape index (κ3) is 5.28. The fourth-order valence-electron chi connectivity index (χ4n) is 3.21. The number of halogens is 1. The maximum Gasteiger partial charge on any atom is 0.252 e. The van der Waals surface area contributed by atoms with Gasteiger partial charge in [-0.25, -0.2) is 0 Å². The number of carbonyl (C=O) groups is 1. The Hall–Kier alpha value is -1.91. The van der Waals surface area contributed by atoms with Crippen molar-refractivity contribution in [2.45, 2.75) is 38.8 Å². The lowest BCUT2D eigenvalue weighted by Gasteiger charge is -2.14. The smallest absolute Gasteiger partial charge is 0.252 e. The molecule has 1 N–H and O–H groups in total. The van der Waals surface area contributed by atoms with Gasteiger partial charge in [-0.1, -0.05) is 30.5 Å². The second-order valence-corrected chi connectivity index (χ2v) is 6.97. The number of pyridine rings is 1. The van der Waals surface area contributed by atoms with Crippen LogP contribution < -0.4 is 5.32 Å². The van der Waals surface area contributed by atoms with Gasteiger partial charge in [0.1, 0.15) is 0 Å². The topological polar surface area (TPSA) is 45.2 Å². The summed E-state index contributed by atoms with van der Waals surface area (Å²) in [6, 6.07) is 9.76. The fourth-order valence-corrected chi connectivity index (χ4v) is 3.40. The number of fused-ring (bicyclic) bond motifs is 1. The van der Waals surface area contributed by atoms with E-state index in [9.17, 15) is 4.79 Å². The lowest BCUT2D eigenvalue weighted by atomic mass is 10.1. The van der Waals surface area contributed by atoms with Crippen molar-refractivity contribution >= 4 is 17.5 Å². The highest BCUT2D eigenvalue weighted by atomic mass is 35.5. The van der Waals surface area contributed by atoms with Crippen LogP contribution in [0.5, 0.6) is 0 Å². The molecule has 0 unspecified atom stereocenters. The highest BCUT2D eigenvalue weighted by Gasteiger charge is 2.18. The average molecular weight is 358 g/mol. The summed E-state index contributed by atoms with van der Waals surface area (Å²) in [6.07, 6.45) is 7.80. The van der Waals surface area contributed by atoms with Gasteiger partial charge in [-0.05, 0) is 54.8 Å². The van der Waals surface area contributed by atoms with Gasteiger partial charge in [0.05, 0.1) is 5.56 Å². The molecule has 1 aliphatic heterocycles. The van der Waals surface area contributed by atoms with Gasteiger partial charge in [0.15, 0.2) is 0 Å². The van der Waals surface area contributed by atoms with Crippen molar-refractivity contribution in [3.8, 4) is 0 Å². The lowest BCUT2D eigenvalue weighted by Crippen LogP contribution is -2.24. The van der Waals surface area contributed by atoms with Crippen LogP contribution in [0.25, 0.3) is 0 Å². The number of nitrogens with zero attached hydrogens (tertiary/aromatic N) is 2. The number of hydrogen-bond donors (Lipinski definition) is 1. The van der Waals surface area contributed by atoms with Crippen LogP contribution in [0.3, 0.4) is 0 Å². The summed E-state index contributed by atoms with van der Waals surface area (Å²) >= 11 is 6.06. The molecule has 1 aromatic heterocycles. The average Bonchev–Trinajstić information content (AvgIpc) is 3.03. The Morgan fingerprint density at radius 3 is 2.80 bits per heavy atom. The first-order chi connectivity index (χ1) is 12.2. The highest BCUT2D eigenvalue weighted by Crippen LogP contribution is 2.25. The third-order valence-corrected chi connectivity index (χ3v) is 4.80. The normalized spacial score (nSPS) is 13.6. The molecule has 1 amide bonds. The Balaban J connectivity index is 1.25. The largest absolute Gasteiger partial charge is 0.352 e. The van der Waals surface area contributed by atoms with Crippen molar-refractivity contribution in [1.29, 1.82) is 0 Å². The summed E-state index contributed by atoms with van der Waals surface area (Å²) in [5, 5.41) is 3.77. The van der Waals surface area contributed by atoms with Gasteiger partial charge in [0.2, 0.25) is 0 Å². The Morgan fingerprint density at radius 1 is 1.12 bits per heavy atom. The van der Waals surface area contributed by atoms with Gasteiger partial charge >= 0.3 is 0 Å². The summed E-state index contributed by atoms with van der Waals surface area (Å²) in [7, 11) is 0. The molecule has 1 aliphatic rings. The molecule has 25 heavy (non-hydrogen) atoms. The molecule has 1 aromatic carbocycles. The fraction of sp³-hybridized carbons (Fsp3) is 0.400. The van der Waals surface area contributed by atoms with E-state index in [1.165, 1.54) is 24.0 Å². The molecule has 0 atom stereocenters. The summed E-state index contributed by atoms with van der Waals surface area (Å²) in [5.74, 6) is -0.0402. The van der Waals surface area contributed by atoms with Crippen LogP contribution in [0.15, 0.2) is 42.7 Å². The third-order valence-electron chi connectivity index (χ3n) is 4.57. The van der Waals surface area contributed by atoms with E-state index in [0.717, 1.165) is 44.0 Å². The van der Waals surface area contributed by atoms with E-state index < -0.39 is 0 Å². The monoisotopic (exact) mass is 357 g/mol. The Labute approximate surface area is 154 Å². The summed E-state index contributed by atoms with van der Waals surface area (Å²) in [6.45, 7) is 3.89. The van der Waals surface area contributed by atoms with Crippen LogP contribution >= 0.6 is 11.6 Å². The molecule has 5 heteroatoms. The zero-order valence-corrected chi connectivity index (χ0v) is 15.1. The molecule has 2 heterocycles. The number of carbonyl (C=O) groups excluding carboxylic acids is 1. The van der Waals surface area contributed by atoms with E-state index in [2.05, 4.69) is 27.3 Å². The van der Waals surface area contributed by atoms with Crippen LogP contribution in [0.2, 0.25) is 5.02 Å². The van der Waals surface area contributed by atoms with Gasteiger partial charge in [-0.2, -0.15) is 0 Å². The second-order valence-electron chi connectivity index (χ2n) is 6.54. The van der Waals surface area contributed by atoms with Crippen molar-refractivity contribution in [3.63, 3.8) is 0 Å². The molecule has 0 aliphatic carbocycles. The molecule has 0 fully saturated rings. The molecule has 0 bridgehead atoms. The quantitative estimate of drug-likeness (QED) is 0.725. The second kappa shape index (κ2) is 8.97. The Morgan fingerprint density at radius 2 is 1.96 bits per heavy atom. The molecule has 0 spiro atoms. The van der Waals surface area contributed by atoms with Crippen LogP contribution in [-0.4, -0.2) is 28.9 Å². The van der Waals surface area contributed by atoms with Crippen LogP contribution in [0, 0.1) is 0 Å². The minimum atomic E-state index is -0.0402. The minimum absolute atomic E-state index is 0.0402. The molecule has 0 radical (unpaired) electrons. The molecule has 132 valence electrons. The van der Waals surface area contributed by atoms with E-state index in [4.69, 9.17) is 11.6 Å². The minimum Gasteiger partial charge on any atom is -0.352 e. The number of unbranched alkanes of at least 4 members (excludes halogenated alkanes) is 3. The summed E-state index contributed by atoms with van der Waals surface area (Å²) < 4.78 is 0. The van der Waals surface area contributed by atoms with Crippen LogP contribution in [-0.2, 0) is 13.1 Å². The predicted molar refractivity (Wildman–Crippen MR) is 101 cm³/mol. The Bertz CT molecular complexity index is 705. The van der Waals surface area contributed by atoms with Crippen molar-refractivity contribution in [2.24, 2.45) is 0 Å². The molecule has 0 saturated heterocycles. The van der Waals surface area contributed by atoms with Gasteiger partial charge in [0.25, 0.3) is 5.91 Å². The number of nitrogens with one attached hydrogen (secondary N) is 1. The number of benzene rings is 1. The Kier molecular flexibility index (Phi) is 6.42. The molecule has 4 nitrogen and oxygen atoms in total. The zero-order valence-electron chi connectivity index (χ0n) is 14.4. The zero-order chi connectivity index (χ0) is 17.5. The van der Waals surface area contributed by atoms with Crippen LogP contribution in [0.4, 0.5) is 0 Å². The number of amides is 1. The first kappa shape index (κ1) is 17.9. The van der Waals surface area contributed by atoms with E-state index in [1.54, 1.807) is 24.5 Å². The standard InChI is InChI=1S/C20H24ClN3O/c21-19-8-7-17-14-24(15-18(17)12-19)11-4-2-1-3-10-23-20(25)16-6-5-9-22-13-16/h5-9,12-13H,1-4,10-11,14-15H2,(H,23,25). The van der Waals surface area contributed by atoms with Crippen molar-refractivity contribution in [2.75, 3.05) is 13.1 Å². The number of hydrogen-bond acceptors (Lipinski definition) is 3. The summed E-state index contributed by atoms with van der Waals surface area (Å²) in [4.78, 5) is 18.3. The number of aromatic nitrogens is 1. The number of rotatable bonds is 8. The lowest BCUT2D eigenvalue weighted by molar-refractivity contribution is 0.0952. The van der Waals surface area contributed by atoms with E-state index in [-0.39, 0.29) is 5.91 Å². The van der Waals surface area contributed by atoms with Gasteiger partial charge in [-0.15, -0.1) is 0 Å². The van der Waals surface area contributed by atoms with E-state index in [0.29, 0.717) is 5.56 Å². The van der Waals surface area contributed by atoms with Gasteiger partial charge in [0, 0.05) is 37.1 Å². The highest BCUT2D eigenvalue weighted by molar-refractivity contribution is 6.30. The van der Waals surface area contributed by atoms with Crippen molar-refractivity contribution in [1.82, 2.24) is 15.2 Å². The van der Waals surface area contributed by atoms with Crippen molar-refractivity contribution < 1.29 is 4.79 Å². The maximum absolute atomic E-state index is 11.9.